The molecule has 1 heterocycles. The molecule has 0 unspecified atom stereocenters. The van der Waals surface area contributed by atoms with E-state index in [0.29, 0.717) is 12.8 Å². The predicted molar refractivity (Wildman–Crippen MR) is 219 cm³/mol. The fraction of sp³-hybridized carbons (Fsp3) is 0.733. The lowest BCUT2D eigenvalue weighted by molar-refractivity contribution is -0.305. The number of ether oxygens (including phenoxy) is 4. The van der Waals surface area contributed by atoms with Crippen molar-refractivity contribution in [2.24, 2.45) is 0 Å². The Bertz CT molecular complexity index is 1080. The second kappa shape index (κ2) is 35.8. The van der Waals surface area contributed by atoms with Crippen LogP contribution in [0.2, 0.25) is 0 Å². The first kappa shape index (κ1) is 50.4. The third-order valence-electron chi connectivity index (χ3n) is 9.35. The van der Waals surface area contributed by atoms with E-state index in [1.165, 1.54) is 38.5 Å². The van der Waals surface area contributed by atoms with Crippen LogP contribution in [0.25, 0.3) is 0 Å². The molecule has 0 amide bonds. The minimum absolute atomic E-state index is 0.202. The summed E-state index contributed by atoms with van der Waals surface area (Å²) >= 11 is 0. The number of carbonyl (C=O) groups excluding carboxylic acids is 2. The normalized spacial score (nSPS) is 21.2. The number of unbranched alkanes of at least 4 members (excludes halogenated alkanes) is 13. The number of hydrogen-bond acceptors (Lipinski definition) is 10. The van der Waals surface area contributed by atoms with E-state index < -0.39 is 55.4 Å². The Morgan fingerprint density at radius 3 is 1.65 bits per heavy atom. The van der Waals surface area contributed by atoms with Crippen molar-refractivity contribution >= 4 is 11.9 Å². The molecular weight excluding hydrogens is 700 g/mol. The van der Waals surface area contributed by atoms with Gasteiger partial charge in [-0.1, -0.05) is 120 Å². The van der Waals surface area contributed by atoms with Gasteiger partial charge in [0.25, 0.3) is 0 Å². The first-order valence-electron chi connectivity index (χ1n) is 21.4. The molecule has 0 aromatic rings. The van der Waals surface area contributed by atoms with Crippen LogP contribution in [-0.2, 0) is 28.5 Å². The van der Waals surface area contributed by atoms with Gasteiger partial charge in [0.15, 0.2) is 12.4 Å². The molecule has 316 valence electrons. The van der Waals surface area contributed by atoms with E-state index in [2.05, 4.69) is 74.6 Å². The molecule has 6 atom stereocenters. The molecule has 1 aliphatic rings. The van der Waals surface area contributed by atoms with E-state index in [0.717, 1.165) is 77.0 Å². The smallest absolute Gasteiger partial charge is 0.306 e. The molecule has 10 nitrogen and oxygen atoms in total. The summed E-state index contributed by atoms with van der Waals surface area (Å²) in [6.07, 6.45) is 35.1. The largest absolute Gasteiger partial charge is 0.462 e. The fourth-order valence-corrected chi connectivity index (χ4v) is 5.92. The van der Waals surface area contributed by atoms with E-state index in [4.69, 9.17) is 18.9 Å². The van der Waals surface area contributed by atoms with Crippen LogP contribution in [0.15, 0.2) is 60.8 Å². The van der Waals surface area contributed by atoms with E-state index >= 15 is 0 Å². The first-order valence-corrected chi connectivity index (χ1v) is 21.4. The molecule has 1 saturated heterocycles. The average molecular weight is 777 g/mol. The molecule has 1 fully saturated rings. The maximum atomic E-state index is 12.7. The number of esters is 2. The van der Waals surface area contributed by atoms with Crippen LogP contribution in [0.3, 0.4) is 0 Å². The average Bonchev–Trinajstić information content (AvgIpc) is 3.18. The van der Waals surface area contributed by atoms with Crippen molar-refractivity contribution in [3.8, 4) is 0 Å². The number of hydrogen-bond donors (Lipinski definition) is 4. The Morgan fingerprint density at radius 2 is 1.05 bits per heavy atom. The zero-order valence-corrected chi connectivity index (χ0v) is 34.2. The Hall–Kier alpha value is -2.60. The molecule has 0 aromatic carbocycles. The maximum absolute atomic E-state index is 12.7. The van der Waals surface area contributed by atoms with Crippen molar-refractivity contribution in [3.63, 3.8) is 0 Å². The summed E-state index contributed by atoms with van der Waals surface area (Å²) in [6, 6.07) is 0. The second-order valence-corrected chi connectivity index (χ2v) is 14.4. The molecule has 55 heavy (non-hydrogen) atoms. The summed E-state index contributed by atoms with van der Waals surface area (Å²) in [5, 5.41) is 40.0. The molecular formula is C45H76O10. The van der Waals surface area contributed by atoms with Gasteiger partial charge in [0.05, 0.1) is 13.2 Å². The van der Waals surface area contributed by atoms with Crippen LogP contribution < -0.4 is 0 Å². The minimum atomic E-state index is -1.61. The number of carbonyl (C=O) groups is 2. The fourth-order valence-electron chi connectivity index (χ4n) is 5.92. The van der Waals surface area contributed by atoms with Crippen LogP contribution >= 0.6 is 0 Å². The van der Waals surface area contributed by atoms with Crippen molar-refractivity contribution in [2.45, 2.75) is 192 Å². The third-order valence-corrected chi connectivity index (χ3v) is 9.35. The van der Waals surface area contributed by atoms with Gasteiger partial charge < -0.3 is 39.4 Å². The number of allylic oxidation sites excluding steroid dienone is 10. The molecule has 4 N–H and O–H groups in total. The van der Waals surface area contributed by atoms with Crippen LogP contribution in [0.4, 0.5) is 0 Å². The second-order valence-electron chi connectivity index (χ2n) is 14.4. The first-order chi connectivity index (χ1) is 26.8. The highest BCUT2D eigenvalue weighted by Crippen LogP contribution is 2.22. The minimum Gasteiger partial charge on any atom is -0.462 e. The lowest BCUT2D eigenvalue weighted by Crippen LogP contribution is -2.59. The summed E-state index contributed by atoms with van der Waals surface area (Å²) < 4.78 is 22.1. The quantitative estimate of drug-likeness (QED) is 0.0284. The Labute approximate surface area is 332 Å². The Morgan fingerprint density at radius 1 is 0.564 bits per heavy atom. The molecule has 0 aromatic heterocycles. The molecule has 0 bridgehead atoms. The summed E-state index contributed by atoms with van der Waals surface area (Å²) in [7, 11) is 0. The molecule has 0 spiro atoms. The number of rotatable bonds is 34. The highest BCUT2D eigenvalue weighted by molar-refractivity contribution is 5.70. The van der Waals surface area contributed by atoms with Gasteiger partial charge in [0.1, 0.15) is 31.0 Å². The Balaban J connectivity index is 2.41. The van der Waals surface area contributed by atoms with Gasteiger partial charge in [-0.05, 0) is 83.5 Å². The van der Waals surface area contributed by atoms with E-state index in [9.17, 15) is 30.0 Å². The number of aliphatic hydroxyl groups excluding tert-OH is 4. The summed E-state index contributed by atoms with van der Waals surface area (Å²) in [6.45, 7) is 3.29. The van der Waals surface area contributed by atoms with Crippen LogP contribution in [-0.4, -0.2) is 89.0 Å². The van der Waals surface area contributed by atoms with E-state index in [-0.39, 0.29) is 26.1 Å². The van der Waals surface area contributed by atoms with Crippen molar-refractivity contribution in [3.05, 3.63) is 60.8 Å². The monoisotopic (exact) mass is 777 g/mol. The van der Waals surface area contributed by atoms with Crippen molar-refractivity contribution in [1.29, 1.82) is 0 Å². The van der Waals surface area contributed by atoms with Gasteiger partial charge >= 0.3 is 11.9 Å². The number of aliphatic hydroxyl groups is 4. The van der Waals surface area contributed by atoms with Crippen LogP contribution in [0.1, 0.15) is 155 Å². The van der Waals surface area contributed by atoms with E-state index in [1.54, 1.807) is 0 Å². The highest BCUT2D eigenvalue weighted by Gasteiger charge is 2.44. The Kier molecular flexibility index (Phi) is 32.8. The van der Waals surface area contributed by atoms with E-state index in [1.807, 2.05) is 0 Å². The molecule has 0 aliphatic carbocycles. The molecule has 10 heteroatoms. The third kappa shape index (κ3) is 27.6. The van der Waals surface area contributed by atoms with Crippen LogP contribution in [0.5, 0.6) is 0 Å². The zero-order valence-electron chi connectivity index (χ0n) is 34.2. The molecule has 1 aliphatic heterocycles. The van der Waals surface area contributed by atoms with Gasteiger partial charge in [-0.25, -0.2) is 0 Å². The standard InChI is InChI=1S/C45H76O10/c1-3-5-7-9-11-13-15-17-19-21-23-25-27-29-31-33-40(47)52-36-38(37-53-45-44(51)43(50)42(49)39(35-46)55-45)54-41(48)34-32-30-28-26-24-22-20-18-16-14-12-10-8-6-4-2/h11-14,17-20,25,27,38-39,42-46,49-51H,3-10,15-16,21-24,26,28-37H2,1-2H3/b13-11+,14-12+,19-17+,20-18+,27-25+/t38-,39-,42+,43+,44-,45-/m1/s1. The maximum Gasteiger partial charge on any atom is 0.306 e. The van der Waals surface area contributed by atoms with Gasteiger partial charge in [0, 0.05) is 12.8 Å². The lowest BCUT2D eigenvalue weighted by atomic mass is 9.99. The lowest BCUT2D eigenvalue weighted by Gasteiger charge is -2.39. The van der Waals surface area contributed by atoms with Gasteiger partial charge in [0.2, 0.25) is 0 Å². The molecule has 0 saturated carbocycles. The van der Waals surface area contributed by atoms with Gasteiger partial charge in [-0.15, -0.1) is 0 Å². The van der Waals surface area contributed by atoms with Crippen molar-refractivity contribution in [1.82, 2.24) is 0 Å². The van der Waals surface area contributed by atoms with Crippen molar-refractivity contribution < 1.29 is 49.0 Å². The van der Waals surface area contributed by atoms with Crippen LogP contribution in [0, 0.1) is 0 Å². The molecule has 1 rings (SSSR count). The highest BCUT2D eigenvalue weighted by atomic mass is 16.7. The SMILES string of the molecule is CCCCC/C=C/C/C=C/CC/C=C/CCCC(=O)OC[C@H](CO[C@@H]1O[C@H](CO)[C@H](O)[C@H](O)[C@H]1O)OC(=O)CCCCCCC/C=C/C/C=C/CCCCC. The summed E-state index contributed by atoms with van der Waals surface area (Å²) in [5.74, 6) is -0.885. The zero-order chi connectivity index (χ0) is 40.2. The topological polar surface area (TPSA) is 152 Å². The van der Waals surface area contributed by atoms with Crippen molar-refractivity contribution in [2.75, 3.05) is 19.8 Å². The van der Waals surface area contributed by atoms with Gasteiger partial charge in [-0.2, -0.15) is 0 Å². The predicted octanol–water partition coefficient (Wildman–Crippen LogP) is 8.66. The molecule has 0 radical (unpaired) electrons. The summed E-state index contributed by atoms with van der Waals surface area (Å²) in [4.78, 5) is 25.2. The summed E-state index contributed by atoms with van der Waals surface area (Å²) in [5.41, 5.74) is 0. The van der Waals surface area contributed by atoms with Gasteiger partial charge in [-0.3, -0.25) is 9.59 Å².